The van der Waals surface area contributed by atoms with Crippen molar-refractivity contribution >= 4 is 29.1 Å². The highest BCUT2D eigenvalue weighted by Crippen LogP contribution is 2.55. The Morgan fingerprint density at radius 1 is 0.468 bits per heavy atom. The molecule has 62 heavy (non-hydrogen) atoms. The van der Waals surface area contributed by atoms with E-state index < -0.39 is 0 Å². The molecule has 5 heteroatoms. The highest BCUT2D eigenvalue weighted by Gasteiger charge is 2.40. The molecule has 1 unspecified atom stereocenters. The molecule has 4 nitrogen and oxygen atoms in total. The number of rotatable bonds is 6. The van der Waals surface area contributed by atoms with E-state index in [1.54, 1.807) is 0 Å². The first kappa shape index (κ1) is 37.9. The molecule has 0 saturated carbocycles. The van der Waals surface area contributed by atoms with E-state index in [1.165, 1.54) is 59.9 Å². The van der Waals surface area contributed by atoms with Gasteiger partial charge in [-0.3, -0.25) is 4.90 Å². The van der Waals surface area contributed by atoms with Crippen LogP contribution in [0.3, 0.4) is 0 Å². The van der Waals surface area contributed by atoms with Crippen molar-refractivity contribution in [1.82, 2.24) is 15.0 Å². The summed E-state index contributed by atoms with van der Waals surface area (Å²) in [4.78, 5) is 20.5. The lowest BCUT2D eigenvalue weighted by Crippen LogP contribution is -2.32. The highest BCUT2D eigenvalue weighted by molar-refractivity contribution is 7.99. The topological polar surface area (TPSA) is 41.9 Å². The normalized spacial score (nSPS) is 15.0. The number of aryl methyl sites for hydroxylation is 1. The van der Waals surface area contributed by atoms with Gasteiger partial charge in [-0.05, 0) is 87.2 Å². The Bertz CT molecular complexity index is 2960. The highest BCUT2D eigenvalue weighted by atomic mass is 32.2. The fourth-order valence-corrected chi connectivity index (χ4v) is 10.6. The van der Waals surface area contributed by atoms with E-state index >= 15 is 0 Å². The van der Waals surface area contributed by atoms with Crippen molar-refractivity contribution in [2.75, 3.05) is 4.90 Å². The Kier molecular flexibility index (Phi) is 9.62. The summed E-state index contributed by atoms with van der Waals surface area (Å²) in [5, 5.41) is 0. The Balaban J connectivity index is 1.16. The molecule has 11 rings (SSSR count). The molecule has 0 radical (unpaired) electrons. The minimum absolute atomic E-state index is 0.134. The first-order valence-corrected chi connectivity index (χ1v) is 22.3. The average molecular weight is 817 g/mol. The van der Waals surface area contributed by atoms with Crippen molar-refractivity contribution < 1.29 is 0 Å². The molecular weight excluding hydrogens is 773 g/mol. The third kappa shape index (κ3) is 6.89. The minimum Gasteiger partial charge on any atom is -0.278 e. The second kappa shape index (κ2) is 15.7. The predicted octanol–water partition coefficient (Wildman–Crippen LogP) is 14.9. The van der Waals surface area contributed by atoms with Gasteiger partial charge < -0.3 is 0 Å². The van der Waals surface area contributed by atoms with Crippen molar-refractivity contribution in [1.29, 1.82) is 0 Å². The van der Waals surface area contributed by atoms with E-state index in [-0.39, 0.29) is 11.3 Å². The first-order valence-electron chi connectivity index (χ1n) is 21.4. The molecule has 0 aliphatic carbocycles. The molecule has 2 aliphatic rings. The van der Waals surface area contributed by atoms with E-state index in [0.717, 1.165) is 35.3 Å². The average Bonchev–Trinajstić information content (AvgIpc) is 3.32. The van der Waals surface area contributed by atoms with Gasteiger partial charge in [-0.25, -0.2) is 4.98 Å². The third-order valence-electron chi connectivity index (χ3n) is 12.6. The molecule has 0 saturated heterocycles. The van der Waals surface area contributed by atoms with Crippen molar-refractivity contribution in [2.24, 2.45) is 0 Å². The smallest absolute Gasteiger partial charge is 0.238 e. The van der Waals surface area contributed by atoms with Gasteiger partial charge in [0, 0.05) is 32.3 Å². The Morgan fingerprint density at radius 2 is 1.00 bits per heavy atom. The number of nitrogens with zero attached hydrogens (tertiary/aromatic N) is 4. The lowest BCUT2D eigenvalue weighted by atomic mass is 9.72. The van der Waals surface area contributed by atoms with Crippen LogP contribution < -0.4 is 4.90 Å². The van der Waals surface area contributed by atoms with Gasteiger partial charge in [0.05, 0.1) is 11.4 Å². The summed E-state index contributed by atoms with van der Waals surface area (Å²) >= 11 is 1.89. The molecule has 0 spiro atoms. The molecule has 2 aliphatic heterocycles. The second-order valence-electron chi connectivity index (χ2n) is 16.8. The number of benzene rings is 8. The van der Waals surface area contributed by atoms with Crippen LogP contribution in [0, 0.1) is 0 Å². The lowest BCUT2D eigenvalue weighted by Gasteiger charge is -2.42. The number of hydrogen-bond acceptors (Lipinski definition) is 5. The third-order valence-corrected chi connectivity index (χ3v) is 13.8. The zero-order valence-electron chi connectivity index (χ0n) is 34.7. The van der Waals surface area contributed by atoms with Crippen LogP contribution in [0.2, 0.25) is 0 Å². The van der Waals surface area contributed by atoms with Gasteiger partial charge in [0.1, 0.15) is 0 Å². The largest absolute Gasteiger partial charge is 0.278 e. The van der Waals surface area contributed by atoms with Gasteiger partial charge >= 0.3 is 0 Å². The summed E-state index contributed by atoms with van der Waals surface area (Å²) in [5.41, 5.74) is 15.2. The van der Waals surface area contributed by atoms with Gasteiger partial charge in [-0.2, -0.15) is 9.97 Å². The molecule has 0 bridgehead atoms. The molecular formula is C57H44N4S. The minimum atomic E-state index is -0.328. The van der Waals surface area contributed by atoms with Crippen LogP contribution in [0.4, 0.5) is 17.3 Å². The maximum Gasteiger partial charge on any atom is 0.238 e. The Morgan fingerprint density at radius 3 is 1.61 bits per heavy atom. The van der Waals surface area contributed by atoms with E-state index in [2.05, 4.69) is 183 Å². The molecule has 0 amide bonds. The van der Waals surface area contributed by atoms with Crippen molar-refractivity contribution in [3.8, 4) is 45.0 Å². The molecule has 0 N–H and O–H groups in total. The number of fused-ring (bicyclic) bond motifs is 4. The second-order valence-corrected chi connectivity index (χ2v) is 17.9. The summed E-state index contributed by atoms with van der Waals surface area (Å²) in [7, 11) is 0. The summed E-state index contributed by atoms with van der Waals surface area (Å²) in [6.07, 6.45) is 1.96. The predicted molar refractivity (Wildman–Crippen MR) is 256 cm³/mol. The van der Waals surface area contributed by atoms with Gasteiger partial charge in [0.25, 0.3) is 0 Å². The summed E-state index contributed by atoms with van der Waals surface area (Å²) in [6.45, 7) is 4.74. The van der Waals surface area contributed by atoms with Crippen molar-refractivity contribution in [2.45, 2.75) is 47.8 Å². The van der Waals surface area contributed by atoms with E-state index in [0.29, 0.717) is 17.6 Å². The van der Waals surface area contributed by atoms with E-state index in [4.69, 9.17) is 15.0 Å². The van der Waals surface area contributed by atoms with Crippen LogP contribution in [0.5, 0.6) is 0 Å². The molecule has 9 aromatic rings. The first-order chi connectivity index (χ1) is 30.5. The van der Waals surface area contributed by atoms with Gasteiger partial charge in [0.15, 0.2) is 11.6 Å². The van der Waals surface area contributed by atoms with Gasteiger partial charge in [-0.15, -0.1) is 0 Å². The van der Waals surface area contributed by atoms with E-state index in [1.807, 2.05) is 48.2 Å². The van der Waals surface area contributed by atoms with Crippen LogP contribution in [-0.2, 0) is 11.8 Å². The Labute approximate surface area is 368 Å². The van der Waals surface area contributed by atoms with Gasteiger partial charge in [0.2, 0.25) is 5.95 Å². The molecule has 1 atom stereocenters. The fourth-order valence-electron chi connectivity index (χ4n) is 9.39. The van der Waals surface area contributed by atoms with Crippen LogP contribution in [0.25, 0.3) is 45.0 Å². The number of hydrogen-bond donors (Lipinski definition) is 0. The molecule has 0 fully saturated rings. The SMILES string of the molecule is CC1(C)c2ccccc2N(c2nc(-c3ccccc3)nc(-c3ccccc3)n2)c2cc3c(cc21)C(c1cc(-c2ccccc2)cc(-c2ccccc2)c1)CCc1ccccc1S3. The maximum atomic E-state index is 5.32. The van der Waals surface area contributed by atoms with Gasteiger partial charge in [-0.1, -0.05) is 202 Å². The van der Waals surface area contributed by atoms with Crippen LogP contribution in [0.15, 0.2) is 210 Å². The quantitative estimate of drug-likeness (QED) is 0.167. The van der Waals surface area contributed by atoms with Crippen LogP contribution in [-0.4, -0.2) is 15.0 Å². The summed E-state index contributed by atoms with van der Waals surface area (Å²) in [6, 6.07) is 72.1. The molecule has 298 valence electrons. The lowest BCUT2D eigenvalue weighted by molar-refractivity contribution is 0.622. The molecule has 3 heterocycles. The molecule has 1 aromatic heterocycles. The monoisotopic (exact) mass is 816 g/mol. The zero-order chi connectivity index (χ0) is 41.6. The number of anilines is 3. The summed E-state index contributed by atoms with van der Waals surface area (Å²) in [5.74, 6) is 2.01. The van der Waals surface area contributed by atoms with E-state index in [9.17, 15) is 0 Å². The standard InChI is InChI=1S/C57H44N4S/c1-57(2)48-28-16-17-29-50(48)61(56-59-54(41-24-11-5-12-25-41)58-55(60-56)42-26-13-6-14-27-42)51-37-53-47(36-49(51)57)46(32-31-40-23-15-18-30-52(40)62-53)45-34-43(38-19-7-3-8-20-38)33-44(35-45)39-21-9-4-10-22-39/h3-30,33-37,46H,31-32H2,1-2H3. The Hall–Kier alpha value is -7.08. The van der Waals surface area contributed by atoms with Crippen molar-refractivity contribution in [3.63, 3.8) is 0 Å². The van der Waals surface area contributed by atoms with Crippen LogP contribution >= 0.6 is 11.8 Å². The number of aromatic nitrogens is 3. The molecule has 8 aromatic carbocycles. The summed E-state index contributed by atoms with van der Waals surface area (Å²) < 4.78 is 0. The van der Waals surface area contributed by atoms with Crippen LogP contribution in [0.1, 0.15) is 54.0 Å². The maximum absolute atomic E-state index is 5.32. The zero-order valence-corrected chi connectivity index (χ0v) is 35.6. The number of para-hydroxylation sites is 1. The van der Waals surface area contributed by atoms with Crippen molar-refractivity contribution in [3.05, 3.63) is 228 Å². The fraction of sp³-hybridized carbons (Fsp3) is 0.105.